The Kier molecular flexibility index (Phi) is 4.28. The number of aryl methyl sites for hydroxylation is 1. The lowest BCUT2D eigenvalue weighted by Crippen LogP contribution is -2.24. The van der Waals surface area contributed by atoms with Crippen molar-refractivity contribution < 1.29 is 8.42 Å². The summed E-state index contributed by atoms with van der Waals surface area (Å²) in [6.45, 7) is 1.28. The predicted molar refractivity (Wildman–Crippen MR) is 59.5 cm³/mol. The summed E-state index contributed by atoms with van der Waals surface area (Å²) in [7, 11) is -0.952. The Hall–Kier alpha value is -0.880. The van der Waals surface area contributed by atoms with Crippen molar-refractivity contribution in [2.45, 2.75) is 6.42 Å². The molecule has 1 heterocycles. The van der Waals surface area contributed by atoms with Gasteiger partial charge in [0.15, 0.2) is 0 Å². The highest BCUT2D eigenvalue weighted by molar-refractivity contribution is 7.90. The van der Waals surface area contributed by atoms with Gasteiger partial charge >= 0.3 is 0 Å². The van der Waals surface area contributed by atoms with E-state index in [4.69, 9.17) is 0 Å². The zero-order chi connectivity index (χ0) is 11.3. The van der Waals surface area contributed by atoms with Crippen molar-refractivity contribution in [2.24, 2.45) is 7.05 Å². The third-order valence-corrected chi connectivity index (χ3v) is 3.08. The highest BCUT2D eigenvalue weighted by atomic mass is 32.2. The quantitative estimate of drug-likeness (QED) is 0.676. The number of rotatable bonds is 6. The second kappa shape index (κ2) is 5.27. The molecular weight excluding hydrogens is 214 g/mol. The number of nitrogens with zero attached hydrogens (tertiary/aromatic N) is 2. The minimum Gasteiger partial charge on any atom is -0.315 e. The number of aromatic nitrogens is 2. The molecule has 0 radical (unpaired) electrons. The van der Waals surface area contributed by atoms with E-state index >= 15 is 0 Å². The molecule has 1 aromatic rings. The minimum absolute atomic E-state index is 0.193. The molecule has 0 fully saturated rings. The van der Waals surface area contributed by atoms with E-state index in [1.165, 1.54) is 6.26 Å². The van der Waals surface area contributed by atoms with Crippen LogP contribution >= 0.6 is 0 Å². The monoisotopic (exact) mass is 231 g/mol. The Balaban J connectivity index is 2.15. The molecule has 6 heteroatoms. The van der Waals surface area contributed by atoms with Gasteiger partial charge in [-0.3, -0.25) is 4.68 Å². The van der Waals surface area contributed by atoms with Crippen molar-refractivity contribution in [3.63, 3.8) is 0 Å². The van der Waals surface area contributed by atoms with Gasteiger partial charge in [0.1, 0.15) is 9.84 Å². The largest absolute Gasteiger partial charge is 0.315 e. The Bertz CT molecular complexity index is 397. The maximum absolute atomic E-state index is 10.8. The van der Waals surface area contributed by atoms with Crippen LogP contribution in [0.2, 0.25) is 0 Å². The molecule has 0 aromatic carbocycles. The SMILES string of the molecule is Cn1nccc1CCNCCS(C)(=O)=O. The van der Waals surface area contributed by atoms with Crippen molar-refractivity contribution >= 4 is 9.84 Å². The van der Waals surface area contributed by atoms with Crippen LogP contribution in [0.4, 0.5) is 0 Å². The predicted octanol–water partition coefficient (Wildman–Crippen LogP) is -0.403. The molecule has 0 amide bonds. The van der Waals surface area contributed by atoms with Gasteiger partial charge in [-0.05, 0) is 6.07 Å². The van der Waals surface area contributed by atoms with Crippen molar-refractivity contribution in [3.8, 4) is 0 Å². The van der Waals surface area contributed by atoms with E-state index in [0.717, 1.165) is 18.7 Å². The fourth-order valence-electron chi connectivity index (χ4n) is 1.25. The fourth-order valence-corrected chi connectivity index (χ4v) is 1.76. The van der Waals surface area contributed by atoms with Crippen LogP contribution in [0.1, 0.15) is 5.69 Å². The minimum atomic E-state index is -2.85. The molecule has 0 spiro atoms. The lowest BCUT2D eigenvalue weighted by Gasteiger charge is -2.04. The molecule has 86 valence electrons. The van der Waals surface area contributed by atoms with Crippen LogP contribution in [0.25, 0.3) is 0 Å². The van der Waals surface area contributed by atoms with Gasteiger partial charge in [-0.2, -0.15) is 5.10 Å². The average Bonchev–Trinajstić information content (AvgIpc) is 2.49. The van der Waals surface area contributed by atoms with Crippen molar-refractivity contribution in [1.82, 2.24) is 15.1 Å². The van der Waals surface area contributed by atoms with Gasteiger partial charge in [0.05, 0.1) is 5.75 Å². The summed E-state index contributed by atoms with van der Waals surface area (Å²) in [6, 6.07) is 1.96. The third-order valence-electron chi connectivity index (χ3n) is 2.13. The van der Waals surface area contributed by atoms with E-state index < -0.39 is 9.84 Å². The molecule has 0 saturated carbocycles. The van der Waals surface area contributed by atoms with E-state index in [1.807, 2.05) is 17.8 Å². The summed E-state index contributed by atoms with van der Waals surface area (Å²) in [6.07, 6.45) is 3.86. The van der Waals surface area contributed by atoms with Crippen LogP contribution in [0.15, 0.2) is 12.3 Å². The average molecular weight is 231 g/mol. The molecular formula is C9H17N3O2S. The highest BCUT2D eigenvalue weighted by Gasteiger charge is 2.01. The van der Waals surface area contributed by atoms with Crippen LogP contribution in [0, 0.1) is 0 Å². The molecule has 0 unspecified atom stereocenters. The highest BCUT2D eigenvalue weighted by Crippen LogP contribution is 1.95. The topological polar surface area (TPSA) is 64.0 Å². The molecule has 1 N–H and O–H groups in total. The molecule has 1 rings (SSSR count). The summed E-state index contributed by atoms with van der Waals surface area (Å²) in [5, 5.41) is 7.13. The molecule has 0 atom stereocenters. The van der Waals surface area contributed by atoms with Crippen LogP contribution in [0.5, 0.6) is 0 Å². The zero-order valence-electron chi connectivity index (χ0n) is 9.10. The summed E-state index contributed by atoms with van der Waals surface area (Å²) >= 11 is 0. The second-order valence-electron chi connectivity index (χ2n) is 3.58. The Morgan fingerprint density at radius 1 is 1.47 bits per heavy atom. The second-order valence-corrected chi connectivity index (χ2v) is 5.84. The zero-order valence-corrected chi connectivity index (χ0v) is 9.92. The standard InChI is InChI=1S/C9H17N3O2S/c1-12-9(4-6-11-12)3-5-10-7-8-15(2,13)14/h4,6,10H,3,5,7-8H2,1-2H3. The molecule has 1 aromatic heterocycles. The molecule has 0 aliphatic rings. The van der Waals surface area contributed by atoms with Gasteiger partial charge in [0.25, 0.3) is 0 Å². The summed E-state index contributed by atoms with van der Waals surface area (Å²) < 4.78 is 23.5. The number of hydrogen-bond donors (Lipinski definition) is 1. The van der Waals surface area contributed by atoms with E-state index in [2.05, 4.69) is 10.4 Å². The first-order chi connectivity index (χ1) is 6.99. The maximum Gasteiger partial charge on any atom is 0.148 e. The van der Waals surface area contributed by atoms with Crippen LogP contribution < -0.4 is 5.32 Å². The normalized spacial score (nSPS) is 11.9. The van der Waals surface area contributed by atoms with Gasteiger partial charge in [-0.25, -0.2) is 8.42 Å². The summed E-state index contributed by atoms with van der Waals surface area (Å²) in [5.74, 6) is 0.193. The Morgan fingerprint density at radius 2 is 2.20 bits per heavy atom. The van der Waals surface area contributed by atoms with Crippen LogP contribution in [-0.2, 0) is 23.3 Å². The molecule has 5 nitrogen and oxygen atoms in total. The van der Waals surface area contributed by atoms with Gasteiger partial charge in [0.2, 0.25) is 0 Å². The first-order valence-electron chi connectivity index (χ1n) is 4.84. The summed E-state index contributed by atoms with van der Waals surface area (Å²) in [4.78, 5) is 0. The van der Waals surface area contributed by atoms with Gasteiger partial charge in [-0.1, -0.05) is 0 Å². The number of nitrogens with one attached hydrogen (secondary N) is 1. The van der Waals surface area contributed by atoms with E-state index in [1.54, 1.807) is 6.20 Å². The van der Waals surface area contributed by atoms with Crippen molar-refractivity contribution in [1.29, 1.82) is 0 Å². The molecule has 0 bridgehead atoms. The van der Waals surface area contributed by atoms with Crippen molar-refractivity contribution in [2.75, 3.05) is 25.1 Å². The Labute approximate surface area is 90.4 Å². The third kappa shape index (κ3) is 4.94. The summed E-state index contributed by atoms with van der Waals surface area (Å²) in [5.41, 5.74) is 1.14. The fraction of sp³-hybridized carbons (Fsp3) is 0.667. The lowest BCUT2D eigenvalue weighted by atomic mass is 10.3. The van der Waals surface area contributed by atoms with Gasteiger partial charge in [0, 0.05) is 44.7 Å². The van der Waals surface area contributed by atoms with Gasteiger partial charge in [-0.15, -0.1) is 0 Å². The molecule has 15 heavy (non-hydrogen) atoms. The molecule has 0 saturated heterocycles. The molecule has 0 aliphatic carbocycles. The van der Waals surface area contributed by atoms with Crippen molar-refractivity contribution in [3.05, 3.63) is 18.0 Å². The lowest BCUT2D eigenvalue weighted by molar-refractivity contribution is 0.595. The first-order valence-corrected chi connectivity index (χ1v) is 6.90. The van der Waals surface area contributed by atoms with Gasteiger partial charge < -0.3 is 5.32 Å². The van der Waals surface area contributed by atoms with E-state index in [-0.39, 0.29) is 5.75 Å². The smallest absolute Gasteiger partial charge is 0.148 e. The van der Waals surface area contributed by atoms with E-state index in [0.29, 0.717) is 6.54 Å². The van der Waals surface area contributed by atoms with Crippen LogP contribution in [0.3, 0.4) is 0 Å². The molecule has 0 aliphatic heterocycles. The number of hydrogen-bond acceptors (Lipinski definition) is 4. The van der Waals surface area contributed by atoms with Crippen LogP contribution in [-0.4, -0.2) is 43.3 Å². The maximum atomic E-state index is 10.8. The van der Waals surface area contributed by atoms with E-state index in [9.17, 15) is 8.42 Å². The Morgan fingerprint density at radius 3 is 2.73 bits per heavy atom. The number of sulfone groups is 1. The first kappa shape index (κ1) is 12.2.